The Morgan fingerprint density at radius 2 is 2.29 bits per heavy atom. The molecule has 0 radical (unpaired) electrons. The Morgan fingerprint density at radius 3 is 3.00 bits per heavy atom. The van der Waals surface area contributed by atoms with Crippen LogP contribution in [0.2, 0.25) is 5.02 Å². The minimum Gasteiger partial charge on any atom is -0.356 e. The lowest BCUT2D eigenvalue weighted by molar-refractivity contribution is -0.0564. The first kappa shape index (κ1) is 14.1. The summed E-state index contributed by atoms with van der Waals surface area (Å²) in [6.45, 7) is 3.00. The summed E-state index contributed by atoms with van der Waals surface area (Å²) in [5.74, 6) is 0.630. The first-order chi connectivity index (χ1) is 10.2. The Morgan fingerprint density at radius 1 is 1.43 bits per heavy atom. The zero-order chi connectivity index (χ0) is 14.8. The molecule has 1 aliphatic rings. The SMILES string of the molecule is CC1CCOC(n2nccc2-c2ccc(C#N)c(Cl)c2)C1. The van der Waals surface area contributed by atoms with Crippen molar-refractivity contribution in [2.75, 3.05) is 6.61 Å². The third-order valence-corrected chi connectivity index (χ3v) is 4.17. The molecule has 0 aliphatic carbocycles. The van der Waals surface area contributed by atoms with Gasteiger partial charge in [-0.05, 0) is 37.0 Å². The normalized spacial score (nSPS) is 22.0. The second-order valence-corrected chi connectivity index (χ2v) is 5.83. The van der Waals surface area contributed by atoms with Crippen LogP contribution in [-0.2, 0) is 4.74 Å². The minimum absolute atomic E-state index is 0.0341. The summed E-state index contributed by atoms with van der Waals surface area (Å²) in [5.41, 5.74) is 2.38. The van der Waals surface area contributed by atoms with Crippen LogP contribution < -0.4 is 0 Å². The van der Waals surface area contributed by atoms with Gasteiger partial charge in [-0.15, -0.1) is 0 Å². The molecule has 2 unspecified atom stereocenters. The highest BCUT2D eigenvalue weighted by atomic mass is 35.5. The third kappa shape index (κ3) is 2.80. The topological polar surface area (TPSA) is 50.8 Å². The molecule has 108 valence electrons. The van der Waals surface area contributed by atoms with E-state index in [1.807, 2.05) is 16.8 Å². The Labute approximate surface area is 128 Å². The average molecular weight is 302 g/mol. The van der Waals surface area contributed by atoms with Gasteiger partial charge in [-0.2, -0.15) is 10.4 Å². The van der Waals surface area contributed by atoms with E-state index in [9.17, 15) is 0 Å². The lowest BCUT2D eigenvalue weighted by Crippen LogP contribution is -2.24. The molecule has 0 N–H and O–H groups in total. The molecule has 1 fully saturated rings. The van der Waals surface area contributed by atoms with Gasteiger partial charge in [-0.25, -0.2) is 4.68 Å². The number of nitriles is 1. The molecule has 21 heavy (non-hydrogen) atoms. The van der Waals surface area contributed by atoms with Gasteiger partial charge in [0, 0.05) is 18.4 Å². The maximum Gasteiger partial charge on any atom is 0.151 e. The van der Waals surface area contributed by atoms with Gasteiger partial charge < -0.3 is 4.74 Å². The van der Waals surface area contributed by atoms with Crippen LogP contribution in [0.1, 0.15) is 31.6 Å². The van der Waals surface area contributed by atoms with Crippen LogP contribution in [0.3, 0.4) is 0 Å². The van der Waals surface area contributed by atoms with E-state index in [2.05, 4.69) is 18.1 Å². The highest BCUT2D eigenvalue weighted by Crippen LogP contribution is 2.32. The number of nitrogens with zero attached hydrogens (tertiary/aromatic N) is 3. The molecule has 3 rings (SSSR count). The Hall–Kier alpha value is -1.83. The molecule has 1 saturated heterocycles. The summed E-state index contributed by atoms with van der Waals surface area (Å²) in [5, 5.41) is 13.8. The quantitative estimate of drug-likeness (QED) is 0.842. The average Bonchev–Trinajstić information content (AvgIpc) is 2.96. The van der Waals surface area contributed by atoms with Crippen LogP contribution >= 0.6 is 11.6 Å². The van der Waals surface area contributed by atoms with E-state index in [1.54, 1.807) is 18.3 Å². The summed E-state index contributed by atoms with van der Waals surface area (Å²) >= 11 is 6.12. The first-order valence-corrected chi connectivity index (χ1v) is 7.42. The van der Waals surface area contributed by atoms with Crippen LogP contribution in [0.4, 0.5) is 0 Å². The molecule has 0 bridgehead atoms. The summed E-state index contributed by atoms with van der Waals surface area (Å²) in [6, 6.07) is 9.45. The highest BCUT2D eigenvalue weighted by molar-refractivity contribution is 6.32. The Kier molecular flexibility index (Phi) is 3.96. The Balaban J connectivity index is 1.95. The number of hydrogen-bond donors (Lipinski definition) is 0. The van der Waals surface area contributed by atoms with Crippen LogP contribution in [0.25, 0.3) is 11.3 Å². The summed E-state index contributed by atoms with van der Waals surface area (Å²) in [6.07, 6.45) is 3.78. The largest absolute Gasteiger partial charge is 0.356 e. The molecule has 2 aromatic rings. The smallest absolute Gasteiger partial charge is 0.151 e. The van der Waals surface area contributed by atoms with Crippen LogP contribution in [0.15, 0.2) is 30.5 Å². The fraction of sp³-hybridized carbons (Fsp3) is 0.375. The maximum absolute atomic E-state index is 8.96. The molecule has 4 nitrogen and oxygen atoms in total. The minimum atomic E-state index is -0.0341. The van der Waals surface area contributed by atoms with Gasteiger partial charge in [0.2, 0.25) is 0 Å². The first-order valence-electron chi connectivity index (χ1n) is 7.04. The summed E-state index contributed by atoms with van der Waals surface area (Å²) in [7, 11) is 0. The number of hydrogen-bond acceptors (Lipinski definition) is 3. The summed E-state index contributed by atoms with van der Waals surface area (Å²) in [4.78, 5) is 0. The van der Waals surface area contributed by atoms with Crippen molar-refractivity contribution >= 4 is 11.6 Å². The number of halogens is 1. The van der Waals surface area contributed by atoms with Crippen molar-refractivity contribution in [3.8, 4) is 17.3 Å². The molecular formula is C16H16ClN3O. The Bertz CT molecular complexity index is 689. The third-order valence-electron chi connectivity index (χ3n) is 3.85. The lowest BCUT2D eigenvalue weighted by atomic mass is 10.0. The van der Waals surface area contributed by atoms with E-state index in [-0.39, 0.29) is 6.23 Å². The molecule has 1 aliphatic heterocycles. The van der Waals surface area contributed by atoms with Crippen LogP contribution in [-0.4, -0.2) is 16.4 Å². The zero-order valence-corrected chi connectivity index (χ0v) is 12.5. The lowest BCUT2D eigenvalue weighted by Gasteiger charge is -2.28. The highest BCUT2D eigenvalue weighted by Gasteiger charge is 2.23. The van der Waals surface area contributed by atoms with Crippen molar-refractivity contribution in [2.45, 2.75) is 26.0 Å². The van der Waals surface area contributed by atoms with Gasteiger partial charge >= 0.3 is 0 Å². The standard InChI is InChI=1S/C16H16ClN3O/c1-11-5-7-21-16(8-11)20-15(4-6-19-20)12-2-3-13(10-18)14(17)9-12/h2-4,6,9,11,16H,5,7-8H2,1H3. The predicted octanol–water partition coefficient (Wildman–Crippen LogP) is 4.02. The van der Waals surface area contributed by atoms with Crippen LogP contribution in [0, 0.1) is 17.2 Å². The van der Waals surface area contributed by atoms with E-state index in [1.165, 1.54) is 0 Å². The molecule has 1 aromatic carbocycles. The molecule has 2 heterocycles. The van der Waals surface area contributed by atoms with Crippen LogP contribution in [0.5, 0.6) is 0 Å². The van der Waals surface area contributed by atoms with Gasteiger partial charge in [0.25, 0.3) is 0 Å². The van der Waals surface area contributed by atoms with Crippen molar-refractivity contribution in [1.82, 2.24) is 9.78 Å². The maximum atomic E-state index is 8.96. The van der Waals surface area contributed by atoms with Gasteiger partial charge in [0.15, 0.2) is 6.23 Å². The van der Waals surface area contributed by atoms with E-state index in [4.69, 9.17) is 21.6 Å². The predicted molar refractivity (Wildman–Crippen MR) is 80.8 cm³/mol. The van der Waals surface area contributed by atoms with E-state index >= 15 is 0 Å². The van der Waals surface area contributed by atoms with E-state index in [0.29, 0.717) is 16.5 Å². The molecule has 1 aromatic heterocycles. The number of ether oxygens (including phenoxy) is 1. The molecule has 0 saturated carbocycles. The van der Waals surface area contributed by atoms with E-state index < -0.39 is 0 Å². The molecule has 5 heteroatoms. The van der Waals surface area contributed by atoms with Crippen molar-refractivity contribution in [2.24, 2.45) is 5.92 Å². The van der Waals surface area contributed by atoms with Gasteiger partial charge in [0.1, 0.15) is 6.07 Å². The molecule has 0 amide bonds. The van der Waals surface area contributed by atoms with Crippen molar-refractivity contribution in [3.63, 3.8) is 0 Å². The number of aromatic nitrogens is 2. The molecule has 2 atom stereocenters. The van der Waals surface area contributed by atoms with E-state index in [0.717, 1.165) is 30.7 Å². The molecule has 0 spiro atoms. The van der Waals surface area contributed by atoms with Crippen molar-refractivity contribution < 1.29 is 4.74 Å². The van der Waals surface area contributed by atoms with Crippen molar-refractivity contribution in [3.05, 3.63) is 41.0 Å². The monoisotopic (exact) mass is 301 g/mol. The van der Waals surface area contributed by atoms with Gasteiger partial charge in [-0.1, -0.05) is 24.6 Å². The summed E-state index contributed by atoms with van der Waals surface area (Å²) < 4.78 is 7.76. The number of rotatable bonds is 2. The zero-order valence-electron chi connectivity index (χ0n) is 11.8. The van der Waals surface area contributed by atoms with Crippen molar-refractivity contribution in [1.29, 1.82) is 5.26 Å². The number of benzene rings is 1. The second-order valence-electron chi connectivity index (χ2n) is 5.42. The molecular weight excluding hydrogens is 286 g/mol. The van der Waals surface area contributed by atoms with Gasteiger partial charge in [0.05, 0.1) is 16.3 Å². The van der Waals surface area contributed by atoms with Gasteiger partial charge in [-0.3, -0.25) is 0 Å². The second kappa shape index (κ2) is 5.88. The fourth-order valence-electron chi connectivity index (χ4n) is 2.64. The fourth-order valence-corrected chi connectivity index (χ4v) is 2.87.